The summed E-state index contributed by atoms with van der Waals surface area (Å²) in [6.07, 6.45) is 1.45. The second kappa shape index (κ2) is 4.35. The van der Waals surface area contributed by atoms with Crippen LogP contribution >= 0.6 is 27.3 Å². The van der Waals surface area contributed by atoms with Gasteiger partial charge in [-0.2, -0.15) is 0 Å². The highest BCUT2D eigenvalue weighted by Crippen LogP contribution is 2.46. The van der Waals surface area contributed by atoms with Gasteiger partial charge in [0.05, 0.1) is 15.6 Å². The lowest BCUT2D eigenvalue weighted by molar-refractivity contribution is -0.140. The van der Waals surface area contributed by atoms with E-state index in [0.717, 1.165) is 10.2 Å². The molecule has 0 aromatic carbocycles. The van der Waals surface area contributed by atoms with E-state index < -0.39 is 11.9 Å². The Kier molecular flexibility index (Phi) is 2.94. The maximum atomic E-state index is 11.8. The van der Waals surface area contributed by atoms with Crippen LogP contribution in [-0.4, -0.2) is 23.0 Å². The number of aliphatic carboxylic acids is 1. The number of nitrogens with one attached hydrogen (secondary N) is 1. The average molecular weight is 330 g/mol. The van der Waals surface area contributed by atoms with Gasteiger partial charge in [0, 0.05) is 16.8 Å². The standard InChI is InChI=1S/C12H12BrNO3S/c13-10-2-1-9(18-10)7-4-8(7)14-11(15)5-3-6(5)12(16)17/h1-2,5-8H,3-4H2,(H,14,15)(H,16,17)/t5-,6+,7+,8+/m0/s1. The van der Waals surface area contributed by atoms with Crippen molar-refractivity contribution < 1.29 is 14.7 Å². The first-order chi connectivity index (χ1) is 8.56. The molecule has 4 nitrogen and oxygen atoms in total. The van der Waals surface area contributed by atoms with E-state index in [0.29, 0.717) is 12.3 Å². The maximum Gasteiger partial charge on any atom is 0.307 e. The third-order valence-corrected chi connectivity index (χ3v) is 5.28. The van der Waals surface area contributed by atoms with Gasteiger partial charge in [0.1, 0.15) is 0 Å². The summed E-state index contributed by atoms with van der Waals surface area (Å²) in [5.41, 5.74) is 0. The van der Waals surface area contributed by atoms with E-state index in [2.05, 4.69) is 27.3 Å². The molecule has 18 heavy (non-hydrogen) atoms. The van der Waals surface area contributed by atoms with Crippen LogP contribution in [0, 0.1) is 11.8 Å². The maximum absolute atomic E-state index is 11.8. The zero-order chi connectivity index (χ0) is 12.9. The minimum absolute atomic E-state index is 0.0921. The normalized spacial score (nSPS) is 32.9. The van der Waals surface area contributed by atoms with Crippen molar-refractivity contribution in [3.63, 3.8) is 0 Å². The van der Waals surface area contributed by atoms with Crippen LogP contribution in [0.3, 0.4) is 0 Å². The molecule has 2 aliphatic rings. The van der Waals surface area contributed by atoms with Gasteiger partial charge in [-0.25, -0.2) is 0 Å². The minimum atomic E-state index is -0.857. The summed E-state index contributed by atoms with van der Waals surface area (Å²) >= 11 is 5.11. The quantitative estimate of drug-likeness (QED) is 0.889. The van der Waals surface area contributed by atoms with Crippen LogP contribution in [0.2, 0.25) is 0 Å². The number of carboxylic acid groups (broad SMARTS) is 1. The highest BCUT2D eigenvalue weighted by Gasteiger charge is 2.50. The smallest absolute Gasteiger partial charge is 0.307 e. The van der Waals surface area contributed by atoms with E-state index in [1.807, 2.05) is 6.07 Å². The van der Waals surface area contributed by atoms with Crippen molar-refractivity contribution in [1.29, 1.82) is 0 Å². The third kappa shape index (κ3) is 2.31. The molecule has 0 saturated heterocycles. The third-order valence-electron chi connectivity index (χ3n) is 3.52. The SMILES string of the molecule is O=C(N[C@@H]1C[C@H]1c1ccc(Br)s1)[C@H]1C[C@H]1C(=O)O. The van der Waals surface area contributed by atoms with Crippen molar-refractivity contribution in [2.24, 2.45) is 11.8 Å². The first kappa shape index (κ1) is 12.2. The number of carbonyl (C=O) groups is 2. The van der Waals surface area contributed by atoms with Crippen molar-refractivity contribution >= 4 is 39.1 Å². The second-order valence-corrected chi connectivity index (χ2v) is 7.38. The lowest BCUT2D eigenvalue weighted by atomic mass is 10.3. The summed E-state index contributed by atoms with van der Waals surface area (Å²) in [6.45, 7) is 0. The summed E-state index contributed by atoms with van der Waals surface area (Å²) in [7, 11) is 0. The zero-order valence-corrected chi connectivity index (χ0v) is 11.8. The van der Waals surface area contributed by atoms with Crippen LogP contribution in [0.25, 0.3) is 0 Å². The monoisotopic (exact) mass is 329 g/mol. The van der Waals surface area contributed by atoms with Gasteiger partial charge < -0.3 is 10.4 Å². The fraction of sp³-hybridized carbons (Fsp3) is 0.500. The van der Waals surface area contributed by atoms with Gasteiger partial charge in [-0.15, -0.1) is 11.3 Å². The van der Waals surface area contributed by atoms with Gasteiger partial charge in [0.25, 0.3) is 0 Å². The topological polar surface area (TPSA) is 66.4 Å². The van der Waals surface area contributed by atoms with E-state index in [4.69, 9.17) is 5.11 Å². The molecular weight excluding hydrogens is 318 g/mol. The average Bonchev–Trinajstić information content (AvgIpc) is 3.18. The van der Waals surface area contributed by atoms with Crippen molar-refractivity contribution in [3.05, 3.63) is 20.8 Å². The summed E-state index contributed by atoms with van der Waals surface area (Å²) in [6, 6.07) is 4.28. The number of hydrogen-bond donors (Lipinski definition) is 2. The predicted molar refractivity (Wildman–Crippen MR) is 70.5 cm³/mol. The van der Waals surface area contributed by atoms with E-state index in [9.17, 15) is 9.59 Å². The molecule has 0 unspecified atom stereocenters. The number of amides is 1. The lowest BCUT2D eigenvalue weighted by Crippen LogP contribution is -2.29. The molecule has 0 bridgehead atoms. The Balaban J connectivity index is 1.51. The highest BCUT2D eigenvalue weighted by molar-refractivity contribution is 9.11. The Bertz CT molecular complexity index is 515. The number of carboxylic acids is 1. The summed E-state index contributed by atoms with van der Waals surface area (Å²) < 4.78 is 1.10. The van der Waals surface area contributed by atoms with E-state index in [-0.39, 0.29) is 17.9 Å². The number of carbonyl (C=O) groups excluding carboxylic acids is 1. The molecule has 3 rings (SSSR count). The molecule has 0 radical (unpaired) electrons. The van der Waals surface area contributed by atoms with Gasteiger partial charge in [0.2, 0.25) is 5.91 Å². The number of rotatable bonds is 4. The van der Waals surface area contributed by atoms with Crippen LogP contribution in [0.15, 0.2) is 15.9 Å². The first-order valence-electron chi connectivity index (χ1n) is 5.84. The molecule has 2 saturated carbocycles. The number of hydrogen-bond acceptors (Lipinski definition) is 3. The molecule has 96 valence electrons. The number of halogens is 1. The van der Waals surface area contributed by atoms with Gasteiger partial charge in [-0.05, 0) is 40.9 Å². The fourth-order valence-corrected chi connectivity index (χ4v) is 3.85. The Labute approximate surface area is 117 Å². The molecule has 0 spiro atoms. The number of thiophene rings is 1. The fourth-order valence-electron chi connectivity index (χ4n) is 2.24. The van der Waals surface area contributed by atoms with E-state index in [1.54, 1.807) is 11.3 Å². The minimum Gasteiger partial charge on any atom is -0.481 e. The van der Waals surface area contributed by atoms with Gasteiger partial charge in [-0.3, -0.25) is 9.59 Å². The first-order valence-corrected chi connectivity index (χ1v) is 7.45. The Morgan fingerprint density at radius 1 is 1.33 bits per heavy atom. The van der Waals surface area contributed by atoms with E-state index in [1.165, 1.54) is 4.88 Å². The Morgan fingerprint density at radius 3 is 2.67 bits per heavy atom. The molecule has 1 aromatic rings. The van der Waals surface area contributed by atoms with Gasteiger partial charge in [0.15, 0.2) is 0 Å². The molecule has 4 atom stereocenters. The van der Waals surface area contributed by atoms with Crippen LogP contribution < -0.4 is 5.32 Å². The molecule has 0 aliphatic heterocycles. The molecule has 2 N–H and O–H groups in total. The molecule has 6 heteroatoms. The molecule has 2 fully saturated rings. The highest BCUT2D eigenvalue weighted by atomic mass is 79.9. The summed E-state index contributed by atoms with van der Waals surface area (Å²) in [4.78, 5) is 23.7. The molecule has 1 heterocycles. The van der Waals surface area contributed by atoms with Crippen LogP contribution in [0.1, 0.15) is 23.6 Å². The molecular formula is C12H12BrNO3S. The van der Waals surface area contributed by atoms with E-state index >= 15 is 0 Å². The molecule has 1 aromatic heterocycles. The largest absolute Gasteiger partial charge is 0.481 e. The summed E-state index contributed by atoms with van der Waals surface area (Å²) in [5.74, 6) is -1.31. The van der Waals surface area contributed by atoms with Gasteiger partial charge in [-0.1, -0.05) is 0 Å². The molecule has 1 amide bonds. The molecule has 2 aliphatic carbocycles. The zero-order valence-electron chi connectivity index (χ0n) is 9.43. The Hall–Kier alpha value is -0.880. The van der Waals surface area contributed by atoms with Crippen LogP contribution in [0.5, 0.6) is 0 Å². The van der Waals surface area contributed by atoms with Crippen molar-refractivity contribution in [2.75, 3.05) is 0 Å². The Morgan fingerprint density at radius 2 is 2.11 bits per heavy atom. The summed E-state index contributed by atoms with van der Waals surface area (Å²) in [5, 5.41) is 11.7. The van der Waals surface area contributed by atoms with Crippen molar-refractivity contribution in [3.8, 4) is 0 Å². The van der Waals surface area contributed by atoms with Crippen LogP contribution in [-0.2, 0) is 9.59 Å². The predicted octanol–water partition coefficient (Wildman–Crippen LogP) is 2.20. The second-order valence-electron chi connectivity index (χ2n) is 4.89. The van der Waals surface area contributed by atoms with Crippen molar-refractivity contribution in [2.45, 2.75) is 24.8 Å². The van der Waals surface area contributed by atoms with Gasteiger partial charge >= 0.3 is 5.97 Å². The van der Waals surface area contributed by atoms with Crippen LogP contribution in [0.4, 0.5) is 0 Å². The van der Waals surface area contributed by atoms with Crippen molar-refractivity contribution in [1.82, 2.24) is 5.32 Å². The lowest BCUT2D eigenvalue weighted by Gasteiger charge is -2.02.